The van der Waals surface area contributed by atoms with Crippen molar-refractivity contribution in [1.29, 1.82) is 0 Å². The number of nitrogens with zero attached hydrogens (tertiary/aromatic N) is 1. The highest BCUT2D eigenvalue weighted by atomic mass is 32.1. The molecular formula is C25H33N3O3S. The van der Waals surface area contributed by atoms with Gasteiger partial charge in [0.05, 0.1) is 4.88 Å². The minimum Gasteiger partial charge on any atom is -0.329 e. The van der Waals surface area contributed by atoms with Crippen molar-refractivity contribution in [2.45, 2.75) is 53.9 Å². The van der Waals surface area contributed by atoms with Crippen molar-refractivity contribution in [3.63, 3.8) is 0 Å². The van der Waals surface area contributed by atoms with Gasteiger partial charge in [0.2, 0.25) is 11.8 Å². The molecule has 0 spiro atoms. The average Bonchev–Trinajstić information content (AvgIpc) is 3.15. The third-order valence-electron chi connectivity index (χ3n) is 6.01. The summed E-state index contributed by atoms with van der Waals surface area (Å²) in [5.74, 6) is 0.137. The number of carbonyl (C=O) groups excluding carboxylic acids is 3. The van der Waals surface area contributed by atoms with Gasteiger partial charge >= 0.3 is 0 Å². The molecular weight excluding hydrogens is 422 g/mol. The number of fused-ring (bicyclic) bond motifs is 1. The van der Waals surface area contributed by atoms with Crippen LogP contribution in [0.25, 0.3) is 0 Å². The van der Waals surface area contributed by atoms with Crippen LogP contribution in [0.2, 0.25) is 0 Å². The molecule has 1 heterocycles. The van der Waals surface area contributed by atoms with Crippen LogP contribution in [0.15, 0.2) is 30.3 Å². The standard InChI is InChI=1S/C25H33N3O3S/c1-6-28(15-23(30)27-20-10-8-19(9-11-20)26-16(2)29)24(31)22-14-17-13-18(25(3,4)5)7-12-21(17)32-22/h8-11,14,18H,6-7,12-13,15H2,1-5H3,(H,26,29)(H,27,30)/t18-/m0/s1. The molecule has 1 atom stereocenters. The molecule has 0 radical (unpaired) electrons. The van der Waals surface area contributed by atoms with Crippen molar-refractivity contribution in [2.24, 2.45) is 11.3 Å². The molecule has 0 aliphatic heterocycles. The smallest absolute Gasteiger partial charge is 0.264 e. The monoisotopic (exact) mass is 455 g/mol. The number of amides is 3. The zero-order chi connectivity index (χ0) is 23.5. The lowest BCUT2D eigenvalue weighted by atomic mass is 9.72. The summed E-state index contributed by atoms with van der Waals surface area (Å²) in [5, 5.41) is 5.51. The minimum atomic E-state index is -0.249. The molecule has 0 saturated carbocycles. The lowest BCUT2D eigenvalue weighted by Crippen LogP contribution is -2.37. The van der Waals surface area contributed by atoms with Gasteiger partial charge in [0.1, 0.15) is 6.54 Å². The second kappa shape index (κ2) is 9.86. The van der Waals surface area contributed by atoms with Crippen molar-refractivity contribution in [3.8, 4) is 0 Å². The van der Waals surface area contributed by atoms with Gasteiger partial charge < -0.3 is 15.5 Å². The maximum atomic E-state index is 13.1. The summed E-state index contributed by atoms with van der Waals surface area (Å²) in [6.07, 6.45) is 3.20. The molecule has 3 rings (SSSR count). The Morgan fingerprint density at radius 3 is 2.28 bits per heavy atom. The van der Waals surface area contributed by atoms with E-state index in [1.807, 2.05) is 13.0 Å². The number of thiophene rings is 1. The third-order valence-corrected chi connectivity index (χ3v) is 7.24. The quantitative estimate of drug-likeness (QED) is 0.646. The van der Waals surface area contributed by atoms with Gasteiger partial charge in [0.25, 0.3) is 5.91 Å². The van der Waals surface area contributed by atoms with E-state index in [0.717, 1.165) is 24.1 Å². The fraction of sp³-hybridized carbons (Fsp3) is 0.480. The third kappa shape index (κ3) is 5.97. The molecule has 3 amide bonds. The lowest BCUT2D eigenvalue weighted by molar-refractivity contribution is -0.117. The first-order chi connectivity index (χ1) is 15.1. The van der Waals surface area contributed by atoms with Crippen molar-refractivity contribution >= 4 is 40.4 Å². The summed E-state index contributed by atoms with van der Waals surface area (Å²) in [5.41, 5.74) is 2.84. The Hall–Kier alpha value is -2.67. The average molecular weight is 456 g/mol. The van der Waals surface area contributed by atoms with E-state index in [4.69, 9.17) is 0 Å². The molecule has 2 N–H and O–H groups in total. The number of carbonyl (C=O) groups is 3. The van der Waals surface area contributed by atoms with Crippen molar-refractivity contribution in [2.75, 3.05) is 23.7 Å². The van der Waals surface area contributed by atoms with Crippen molar-refractivity contribution < 1.29 is 14.4 Å². The van der Waals surface area contributed by atoms with Crippen LogP contribution in [0.3, 0.4) is 0 Å². The predicted octanol–water partition coefficient (Wildman–Crippen LogP) is 4.96. The van der Waals surface area contributed by atoms with Crippen molar-refractivity contribution in [3.05, 3.63) is 45.6 Å². The van der Waals surface area contributed by atoms with E-state index < -0.39 is 0 Å². The molecule has 1 aliphatic rings. The van der Waals surface area contributed by atoms with E-state index in [0.29, 0.717) is 23.8 Å². The highest BCUT2D eigenvalue weighted by Crippen LogP contribution is 2.40. The van der Waals surface area contributed by atoms with Crippen LogP contribution in [0.4, 0.5) is 11.4 Å². The van der Waals surface area contributed by atoms with Crippen LogP contribution < -0.4 is 10.6 Å². The molecule has 6 nitrogen and oxygen atoms in total. The first kappa shape index (κ1) is 24.0. The normalized spacial score (nSPS) is 15.6. The Morgan fingerprint density at radius 2 is 1.72 bits per heavy atom. The zero-order valence-corrected chi connectivity index (χ0v) is 20.4. The molecule has 0 fully saturated rings. The number of hydrogen-bond donors (Lipinski definition) is 2. The van der Waals surface area contributed by atoms with E-state index in [-0.39, 0.29) is 29.7 Å². The number of aryl methyl sites for hydroxylation is 1. The number of hydrogen-bond acceptors (Lipinski definition) is 4. The molecule has 1 aromatic heterocycles. The summed E-state index contributed by atoms with van der Waals surface area (Å²) >= 11 is 1.58. The maximum absolute atomic E-state index is 13.1. The van der Waals surface area contributed by atoms with Gasteiger partial charge in [-0.05, 0) is 73.4 Å². The summed E-state index contributed by atoms with van der Waals surface area (Å²) in [6, 6.07) is 8.93. The second-order valence-corrected chi connectivity index (χ2v) is 10.6. The highest BCUT2D eigenvalue weighted by Gasteiger charge is 2.31. The fourth-order valence-corrected chi connectivity index (χ4v) is 5.24. The van der Waals surface area contributed by atoms with Gasteiger partial charge in [-0.15, -0.1) is 11.3 Å². The van der Waals surface area contributed by atoms with Gasteiger partial charge in [-0.25, -0.2) is 0 Å². The Kier molecular flexibility index (Phi) is 7.39. The molecule has 0 bridgehead atoms. The van der Waals surface area contributed by atoms with E-state index in [1.165, 1.54) is 17.4 Å². The van der Waals surface area contributed by atoms with Crippen LogP contribution in [-0.4, -0.2) is 35.7 Å². The van der Waals surface area contributed by atoms with Crippen LogP contribution in [0.1, 0.15) is 61.2 Å². The SMILES string of the molecule is CCN(CC(=O)Nc1ccc(NC(C)=O)cc1)C(=O)c1cc2c(s1)CC[C@H](C(C)(C)C)C2. The number of benzene rings is 1. The summed E-state index contributed by atoms with van der Waals surface area (Å²) < 4.78 is 0. The van der Waals surface area contributed by atoms with Gasteiger partial charge in [0.15, 0.2) is 0 Å². The van der Waals surface area contributed by atoms with Crippen molar-refractivity contribution in [1.82, 2.24) is 4.90 Å². The molecule has 32 heavy (non-hydrogen) atoms. The minimum absolute atomic E-state index is 0.00400. The maximum Gasteiger partial charge on any atom is 0.264 e. The predicted molar refractivity (Wildman–Crippen MR) is 130 cm³/mol. The summed E-state index contributed by atoms with van der Waals surface area (Å²) in [4.78, 5) is 40.4. The molecule has 0 unspecified atom stereocenters. The summed E-state index contributed by atoms with van der Waals surface area (Å²) in [7, 11) is 0. The number of nitrogens with one attached hydrogen (secondary N) is 2. The summed E-state index contributed by atoms with van der Waals surface area (Å²) in [6.45, 7) is 10.6. The highest BCUT2D eigenvalue weighted by molar-refractivity contribution is 7.14. The Balaban J connectivity index is 1.62. The van der Waals surface area contributed by atoms with Crippen LogP contribution in [0, 0.1) is 11.3 Å². The number of rotatable bonds is 6. The van der Waals surface area contributed by atoms with E-state index >= 15 is 0 Å². The van der Waals surface area contributed by atoms with Gasteiger partial charge in [-0.2, -0.15) is 0 Å². The Labute approximate surface area is 194 Å². The van der Waals surface area contributed by atoms with Gasteiger partial charge in [0, 0.05) is 29.7 Å². The molecule has 0 saturated heterocycles. The van der Waals surface area contributed by atoms with Gasteiger partial charge in [-0.3, -0.25) is 14.4 Å². The first-order valence-corrected chi connectivity index (χ1v) is 12.0. The Bertz CT molecular complexity index is 989. The first-order valence-electron chi connectivity index (χ1n) is 11.1. The molecule has 2 aromatic rings. The van der Waals surface area contributed by atoms with E-state index in [1.54, 1.807) is 40.5 Å². The molecule has 1 aromatic carbocycles. The van der Waals surface area contributed by atoms with Gasteiger partial charge in [-0.1, -0.05) is 20.8 Å². The number of likely N-dealkylation sites (N-methyl/N-ethyl adjacent to an activating group) is 1. The zero-order valence-electron chi connectivity index (χ0n) is 19.6. The van der Waals surface area contributed by atoms with E-state index in [2.05, 4.69) is 31.4 Å². The number of anilines is 2. The van der Waals surface area contributed by atoms with E-state index in [9.17, 15) is 14.4 Å². The molecule has 1 aliphatic carbocycles. The fourth-order valence-electron chi connectivity index (χ4n) is 4.07. The van der Waals surface area contributed by atoms with Crippen LogP contribution in [-0.2, 0) is 22.4 Å². The molecule has 172 valence electrons. The van der Waals surface area contributed by atoms with Crippen LogP contribution in [0.5, 0.6) is 0 Å². The lowest BCUT2D eigenvalue weighted by Gasteiger charge is -2.33. The second-order valence-electron chi connectivity index (χ2n) is 9.49. The van der Waals surface area contributed by atoms with Crippen LogP contribution >= 0.6 is 11.3 Å². The largest absolute Gasteiger partial charge is 0.329 e. The topological polar surface area (TPSA) is 78.5 Å². The Morgan fingerprint density at radius 1 is 1.09 bits per heavy atom. The molecule has 7 heteroatoms.